The van der Waals surface area contributed by atoms with E-state index in [1.54, 1.807) is 20.4 Å². The fourth-order valence-corrected chi connectivity index (χ4v) is 4.16. The van der Waals surface area contributed by atoms with Crippen molar-refractivity contribution in [3.8, 4) is 23.0 Å². The molecule has 0 atom stereocenters. The van der Waals surface area contributed by atoms with Crippen LogP contribution in [0.2, 0.25) is 5.02 Å². The molecule has 0 saturated heterocycles. The molecule has 4 aromatic rings. The SMILES string of the molecule is CCOc1cc(/C=N\NCc2ccc(OC)c(OC)c2)cc(Cl)c1OCc1cccc2ccccc12. The summed E-state index contributed by atoms with van der Waals surface area (Å²) in [6, 6.07) is 23.8. The van der Waals surface area contributed by atoms with E-state index in [1.807, 2.05) is 55.5 Å². The second kappa shape index (κ2) is 12.2. The number of ether oxygens (including phenoxy) is 4. The maximum Gasteiger partial charge on any atom is 0.180 e. The Hall–Kier alpha value is -3.90. The molecule has 7 heteroatoms. The maximum atomic E-state index is 6.61. The van der Waals surface area contributed by atoms with Crippen molar-refractivity contribution in [3.63, 3.8) is 0 Å². The Morgan fingerprint density at radius 2 is 1.67 bits per heavy atom. The van der Waals surface area contributed by atoms with Crippen molar-refractivity contribution in [1.82, 2.24) is 5.43 Å². The van der Waals surface area contributed by atoms with Gasteiger partial charge in [0.1, 0.15) is 6.61 Å². The van der Waals surface area contributed by atoms with Crippen molar-refractivity contribution in [2.24, 2.45) is 5.10 Å². The number of methoxy groups -OCH3 is 2. The lowest BCUT2D eigenvalue weighted by Gasteiger charge is -2.15. The van der Waals surface area contributed by atoms with E-state index in [2.05, 4.69) is 34.8 Å². The highest BCUT2D eigenvalue weighted by Crippen LogP contribution is 2.37. The summed E-state index contributed by atoms with van der Waals surface area (Å²) in [7, 11) is 3.23. The normalized spacial score (nSPS) is 11.0. The van der Waals surface area contributed by atoms with Crippen LogP contribution < -0.4 is 24.4 Å². The van der Waals surface area contributed by atoms with Crippen LogP contribution in [0.1, 0.15) is 23.6 Å². The molecule has 6 nitrogen and oxygen atoms in total. The van der Waals surface area contributed by atoms with Crippen LogP contribution in [0.5, 0.6) is 23.0 Å². The predicted octanol–water partition coefficient (Wildman–Crippen LogP) is 6.61. The Balaban J connectivity index is 1.45. The number of hydrogen-bond acceptors (Lipinski definition) is 6. The van der Waals surface area contributed by atoms with Crippen LogP contribution >= 0.6 is 11.6 Å². The molecule has 186 valence electrons. The molecule has 0 fully saturated rings. The van der Waals surface area contributed by atoms with Gasteiger partial charge < -0.3 is 24.4 Å². The zero-order valence-electron chi connectivity index (χ0n) is 20.6. The van der Waals surface area contributed by atoms with Gasteiger partial charge in [0.05, 0.1) is 38.6 Å². The molecule has 0 saturated carbocycles. The predicted molar refractivity (Wildman–Crippen MR) is 145 cm³/mol. The summed E-state index contributed by atoms with van der Waals surface area (Å²) < 4.78 is 22.6. The Labute approximate surface area is 216 Å². The smallest absolute Gasteiger partial charge is 0.180 e. The van der Waals surface area contributed by atoms with Gasteiger partial charge in [-0.2, -0.15) is 5.10 Å². The topological polar surface area (TPSA) is 61.3 Å². The third-order valence-corrected chi connectivity index (χ3v) is 5.90. The van der Waals surface area contributed by atoms with Crippen molar-refractivity contribution in [1.29, 1.82) is 0 Å². The second-order valence-electron chi connectivity index (χ2n) is 7.97. The largest absolute Gasteiger partial charge is 0.493 e. The van der Waals surface area contributed by atoms with E-state index in [0.29, 0.717) is 47.8 Å². The Morgan fingerprint density at radius 3 is 2.47 bits per heavy atom. The minimum absolute atomic E-state index is 0.376. The highest BCUT2D eigenvalue weighted by atomic mass is 35.5. The molecule has 0 amide bonds. The lowest BCUT2D eigenvalue weighted by molar-refractivity contribution is 0.270. The summed E-state index contributed by atoms with van der Waals surface area (Å²) in [5.41, 5.74) is 5.93. The van der Waals surface area contributed by atoms with Crippen LogP contribution in [0.15, 0.2) is 77.9 Å². The van der Waals surface area contributed by atoms with Gasteiger partial charge in [-0.05, 0) is 58.7 Å². The molecule has 36 heavy (non-hydrogen) atoms. The molecule has 0 heterocycles. The first-order valence-electron chi connectivity index (χ1n) is 11.7. The van der Waals surface area contributed by atoms with Gasteiger partial charge in [0.25, 0.3) is 0 Å². The van der Waals surface area contributed by atoms with Crippen LogP contribution in [-0.4, -0.2) is 27.0 Å². The zero-order chi connectivity index (χ0) is 25.3. The van der Waals surface area contributed by atoms with Crippen LogP contribution in [0.3, 0.4) is 0 Å². The van der Waals surface area contributed by atoms with Gasteiger partial charge in [-0.15, -0.1) is 0 Å². The number of halogens is 1. The number of nitrogens with zero attached hydrogens (tertiary/aromatic N) is 1. The third-order valence-electron chi connectivity index (χ3n) is 5.62. The highest BCUT2D eigenvalue weighted by Gasteiger charge is 2.13. The van der Waals surface area contributed by atoms with Crippen LogP contribution in [-0.2, 0) is 13.2 Å². The summed E-state index contributed by atoms with van der Waals surface area (Å²) in [6.07, 6.45) is 1.70. The molecule has 1 N–H and O–H groups in total. The molecule has 0 radical (unpaired) electrons. The molecule has 0 aliphatic heterocycles. The molecule has 0 aliphatic rings. The molecule has 0 unspecified atom stereocenters. The molecule has 0 bridgehead atoms. The van der Waals surface area contributed by atoms with E-state index < -0.39 is 0 Å². The van der Waals surface area contributed by atoms with E-state index in [9.17, 15) is 0 Å². The first-order chi connectivity index (χ1) is 17.6. The number of hydrazone groups is 1. The first kappa shape index (κ1) is 25.2. The van der Waals surface area contributed by atoms with Gasteiger partial charge >= 0.3 is 0 Å². The molecule has 4 rings (SSSR count). The molecule has 4 aromatic carbocycles. The number of benzene rings is 4. The molecule has 0 aromatic heterocycles. The van der Waals surface area contributed by atoms with Gasteiger partial charge in [-0.1, -0.05) is 60.1 Å². The summed E-state index contributed by atoms with van der Waals surface area (Å²) in [6.45, 7) is 3.31. The number of rotatable bonds is 11. The van der Waals surface area contributed by atoms with E-state index in [0.717, 1.165) is 22.1 Å². The summed E-state index contributed by atoms with van der Waals surface area (Å²) in [5.74, 6) is 2.45. The first-order valence-corrected chi connectivity index (χ1v) is 12.0. The Bertz CT molecular complexity index is 1350. The van der Waals surface area contributed by atoms with Crippen molar-refractivity contribution in [2.75, 3.05) is 20.8 Å². The number of hydrogen-bond donors (Lipinski definition) is 1. The van der Waals surface area contributed by atoms with Gasteiger partial charge in [0.2, 0.25) is 0 Å². The molecule has 0 spiro atoms. The van der Waals surface area contributed by atoms with Gasteiger partial charge in [-0.3, -0.25) is 0 Å². The lowest BCUT2D eigenvalue weighted by atomic mass is 10.1. The molecule has 0 aliphatic carbocycles. The van der Waals surface area contributed by atoms with Crippen molar-refractivity contribution >= 4 is 28.6 Å². The fraction of sp³-hybridized carbons (Fsp3) is 0.207. The van der Waals surface area contributed by atoms with Gasteiger partial charge in [0, 0.05) is 0 Å². The average Bonchev–Trinajstić information content (AvgIpc) is 2.90. The fourth-order valence-electron chi connectivity index (χ4n) is 3.88. The summed E-state index contributed by atoms with van der Waals surface area (Å²) >= 11 is 6.61. The standard InChI is InChI=1S/C29H29ClN2O4/c1-4-35-28-16-21(18-32-31-17-20-12-13-26(33-2)27(15-20)34-3)14-25(30)29(28)36-19-23-10-7-9-22-8-5-6-11-24(22)23/h5-16,18,31H,4,17,19H2,1-3H3/b32-18-. The lowest BCUT2D eigenvalue weighted by Crippen LogP contribution is -2.06. The summed E-state index contributed by atoms with van der Waals surface area (Å²) in [5, 5.41) is 7.11. The van der Waals surface area contributed by atoms with Crippen LogP contribution in [0.25, 0.3) is 10.8 Å². The Kier molecular flexibility index (Phi) is 8.53. The molecular formula is C29H29ClN2O4. The minimum Gasteiger partial charge on any atom is -0.493 e. The van der Waals surface area contributed by atoms with Crippen LogP contribution in [0.4, 0.5) is 0 Å². The monoisotopic (exact) mass is 504 g/mol. The quantitative estimate of drug-likeness (QED) is 0.184. The second-order valence-corrected chi connectivity index (χ2v) is 8.38. The van der Waals surface area contributed by atoms with Gasteiger partial charge in [-0.25, -0.2) is 0 Å². The molecular weight excluding hydrogens is 476 g/mol. The van der Waals surface area contributed by atoms with E-state index in [4.69, 9.17) is 30.5 Å². The van der Waals surface area contributed by atoms with Crippen molar-refractivity contribution in [3.05, 3.63) is 94.5 Å². The minimum atomic E-state index is 0.376. The maximum absolute atomic E-state index is 6.61. The van der Waals surface area contributed by atoms with E-state index >= 15 is 0 Å². The van der Waals surface area contributed by atoms with Crippen LogP contribution in [0, 0.1) is 0 Å². The van der Waals surface area contributed by atoms with Crippen molar-refractivity contribution in [2.45, 2.75) is 20.1 Å². The van der Waals surface area contributed by atoms with E-state index in [-0.39, 0.29) is 0 Å². The average molecular weight is 505 g/mol. The van der Waals surface area contributed by atoms with Gasteiger partial charge in [0.15, 0.2) is 23.0 Å². The number of fused-ring (bicyclic) bond motifs is 1. The zero-order valence-corrected chi connectivity index (χ0v) is 21.3. The Morgan fingerprint density at radius 1 is 0.861 bits per heavy atom. The van der Waals surface area contributed by atoms with Crippen molar-refractivity contribution < 1.29 is 18.9 Å². The highest BCUT2D eigenvalue weighted by molar-refractivity contribution is 6.32. The third kappa shape index (κ3) is 6.01. The number of nitrogens with one attached hydrogen (secondary N) is 1. The summed E-state index contributed by atoms with van der Waals surface area (Å²) in [4.78, 5) is 0. The van der Waals surface area contributed by atoms with E-state index in [1.165, 1.54) is 5.39 Å².